The third-order valence-electron chi connectivity index (χ3n) is 4.78. The molecule has 0 amide bonds. The second kappa shape index (κ2) is 5.08. The number of hydrogen-bond acceptors (Lipinski definition) is 2. The monoisotopic (exact) mass is 279 g/mol. The second-order valence-electron chi connectivity index (χ2n) is 6.28. The molecular formula is C16H22ClNO. The molecule has 0 aliphatic heterocycles. The van der Waals surface area contributed by atoms with Gasteiger partial charge < -0.3 is 10.1 Å². The molecule has 1 spiro atoms. The molecular weight excluding hydrogens is 258 g/mol. The van der Waals surface area contributed by atoms with Crippen molar-refractivity contribution in [2.24, 2.45) is 5.41 Å². The Balaban J connectivity index is 1.72. The molecule has 0 heterocycles. The van der Waals surface area contributed by atoms with Gasteiger partial charge in [0.2, 0.25) is 0 Å². The van der Waals surface area contributed by atoms with Gasteiger partial charge in [-0.2, -0.15) is 0 Å². The van der Waals surface area contributed by atoms with Crippen molar-refractivity contribution in [2.45, 2.75) is 31.1 Å². The average Bonchev–Trinajstić information content (AvgIpc) is 3.14. The minimum atomic E-state index is 0.253. The van der Waals surface area contributed by atoms with Gasteiger partial charge in [0.1, 0.15) is 0 Å². The highest BCUT2D eigenvalue weighted by molar-refractivity contribution is 6.31. The topological polar surface area (TPSA) is 21.3 Å². The van der Waals surface area contributed by atoms with Gasteiger partial charge in [0.25, 0.3) is 0 Å². The van der Waals surface area contributed by atoms with E-state index in [1.54, 1.807) is 7.11 Å². The SMILES string of the molecule is COCCNCC1(c2ccccc2Cl)CC2(CC2)C1. The van der Waals surface area contributed by atoms with Crippen LogP contribution in [0.3, 0.4) is 0 Å². The quantitative estimate of drug-likeness (QED) is 0.806. The summed E-state index contributed by atoms with van der Waals surface area (Å²) in [5.41, 5.74) is 2.25. The fourth-order valence-electron chi connectivity index (χ4n) is 3.72. The van der Waals surface area contributed by atoms with Crippen molar-refractivity contribution in [1.82, 2.24) is 5.32 Å². The predicted molar refractivity (Wildman–Crippen MR) is 78.8 cm³/mol. The summed E-state index contributed by atoms with van der Waals surface area (Å²) in [5, 5.41) is 4.46. The lowest BCUT2D eigenvalue weighted by atomic mass is 9.56. The van der Waals surface area contributed by atoms with Gasteiger partial charge in [-0.25, -0.2) is 0 Å². The van der Waals surface area contributed by atoms with Gasteiger partial charge in [0.15, 0.2) is 0 Å². The normalized spacial score (nSPS) is 22.2. The molecule has 0 saturated heterocycles. The van der Waals surface area contributed by atoms with E-state index < -0.39 is 0 Å². The summed E-state index contributed by atoms with van der Waals surface area (Å²) in [6.45, 7) is 2.70. The number of rotatable bonds is 6. The molecule has 104 valence electrons. The molecule has 1 aromatic rings. The lowest BCUT2D eigenvalue weighted by molar-refractivity contribution is 0.112. The number of hydrogen-bond donors (Lipinski definition) is 1. The minimum absolute atomic E-state index is 0.253. The van der Waals surface area contributed by atoms with Crippen molar-refractivity contribution in [2.75, 3.05) is 26.8 Å². The number of methoxy groups -OCH3 is 1. The fourth-order valence-corrected chi connectivity index (χ4v) is 4.05. The molecule has 0 bridgehead atoms. The maximum Gasteiger partial charge on any atom is 0.0587 e. The first kappa shape index (κ1) is 13.4. The van der Waals surface area contributed by atoms with Crippen LogP contribution >= 0.6 is 11.6 Å². The van der Waals surface area contributed by atoms with E-state index in [4.69, 9.17) is 16.3 Å². The van der Waals surface area contributed by atoms with Crippen molar-refractivity contribution in [3.63, 3.8) is 0 Å². The summed E-state index contributed by atoms with van der Waals surface area (Å²) in [6, 6.07) is 8.35. The first-order valence-corrected chi connectivity index (χ1v) is 7.52. The molecule has 0 atom stereocenters. The highest BCUT2D eigenvalue weighted by atomic mass is 35.5. The zero-order valence-electron chi connectivity index (χ0n) is 11.5. The third kappa shape index (κ3) is 2.54. The van der Waals surface area contributed by atoms with Crippen molar-refractivity contribution >= 4 is 11.6 Å². The molecule has 2 nitrogen and oxygen atoms in total. The van der Waals surface area contributed by atoms with Gasteiger partial charge in [-0.15, -0.1) is 0 Å². The second-order valence-corrected chi connectivity index (χ2v) is 6.69. The van der Waals surface area contributed by atoms with Crippen LogP contribution in [-0.2, 0) is 10.2 Å². The lowest BCUT2D eigenvalue weighted by Crippen LogP contribution is -2.50. The average molecular weight is 280 g/mol. The highest BCUT2D eigenvalue weighted by Gasteiger charge is 2.61. The maximum atomic E-state index is 6.42. The number of halogens is 1. The molecule has 0 radical (unpaired) electrons. The molecule has 2 aliphatic carbocycles. The van der Waals surface area contributed by atoms with Crippen molar-refractivity contribution in [1.29, 1.82) is 0 Å². The number of benzene rings is 1. The Labute approximate surface area is 120 Å². The Kier molecular flexibility index (Phi) is 3.59. The molecule has 2 saturated carbocycles. The van der Waals surface area contributed by atoms with Crippen LogP contribution < -0.4 is 5.32 Å². The highest BCUT2D eigenvalue weighted by Crippen LogP contribution is 2.69. The zero-order valence-corrected chi connectivity index (χ0v) is 12.3. The summed E-state index contributed by atoms with van der Waals surface area (Å²) in [5.74, 6) is 0. The molecule has 1 aromatic carbocycles. The van der Waals surface area contributed by atoms with Gasteiger partial charge in [-0.1, -0.05) is 29.8 Å². The van der Waals surface area contributed by atoms with Gasteiger partial charge in [-0.05, 0) is 42.7 Å². The minimum Gasteiger partial charge on any atom is -0.383 e. The molecule has 1 N–H and O–H groups in total. The molecule has 2 aliphatic rings. The lowest BCUT2D eigenvalue weighted by Gasteiger charge is -2.50. The van der Waals surface area contributed by atoms with Crippen LogP contribution in [0.2, 0.25) is 5.02 Å². The van der Waals surface area contributed by atoms with E-state index in [0.717, 1.165) is 24.7 Å². The molecule has 19 heavy (non-hydrogen) atoms. The Morgan fingerprint density at radius 3 is 2.63 bits per heavy atom. The Morgan fingerprint density at radius 2 is 2.00 bits per heavy atom. The number of ether oxygens (including phenoxy) is 1. The van der Waals surface area contributed by atoms with Gasteiger partial charge in [-0.3, -0.25) is 0 Å². The first-order chi connectivity index (χ1) is 9.20. The molecule has 3 rings (SSSR count). The van der Waals surface area contributed by atoms with Gasteiger partial charge in [0.05, 0.1) is 6.61 Å². The van der Waals surface area contributed by atoms with E-state index in [0.29, 0.717) is 5.41 Å². The van der Waals surface area contributed by atoms with Crippen LogP contribution in [0, 0.1) is 5.41 Å². The van der Waals surface area contributed by atoms with E-state index in [1.807, 2.05) is 12.1 Å². The standard InChI is InChI=1S/C16H22ClNO/c1-19-9-8-18-12-16(10-15(11-16)6-7-15)13-4-2-3-5-14(13)17/h2-5,18H,6-12H2,1H3. The van der Waals surface area contributed by atoms with E-state index >= 15 is 0 Å². The summed E-state index contributed by atoms with van der Waals surface area (Å²) < 4.78 is 5.10. The molecule has 2 fully saturated rings. The van der Waals surface area contributed by atoms with Crippen LogP contribution in [0.4, 0.5) is 0 Å². The van der Waals surface area contributed by atoms with Crippen molar-refractivity contribution in [3.05, 3.63) is 34.9 Å². The molecule has 3 heteroatoms. The largest absolute Gasteiger partial charge is 0.383 e. The first-order valence-electron chi connectivity index (χ1n) is 7.15. The summed E-state index contributed by atoms with van der Waals surface area (Å²) in [6.07, 6.45) is 5.42. The van der Waals surface area contributed by atoms with Gasteiger partial charge in [0, 0.05) is 30.6 Å². The van der Waals surface area contributed by atoms with Crippen LogP contribution in [0.15, 0.2) is 24.3 Å². The summed E-state index contributed by atoms with van der Waals surface area (Å²) in [4.78, 5) is 0. The van der Waals surface area contributed by atoms with Crippen LogP contribution in [0.5, 0.6) is 0 Å². The molecule has 0 unspecified atom stereocenters. The van der Waals surface area contributed by atoms with Crippen LogP contribution in [0.25, 0.3) is 0 Å². The van der Waals surface area contributed by atoms with Crippen molar-refractivity contribution < 1.29 is 4.74 Å². The predicted octanol–water partition coefficient (Wildman–Crippen LogP) is 3.39. The van der Waals surface area contributed by atoms with E-state index in [9.17, 15) is 0 Å². The van der Waals surface area contributed by atoms with Crippen LogP contribution in [-0.4, -0.2) is 26.8 Å². The Morgan fingerprint density at radius 1 is 1.26 bits per heavy atom. The van der Waals surface area contributed by atoms with Gasteiger partial charge >= 0.3 is 0 Å². The number of nitrogens with one attached hydrogen (secondary N) is 1. The summed E-state index contributed by atoms with van der Waals surface area (Å²) in [7, 11) is 1.74. The Bertz CT molecular complexity index is 448. The van der Waals surface area contributed by atoms with Crippen LogP contribution in [0.1, 0.15) is 31.2 Å². The van der Waals surface area contributed by atoms with E-state index in [-0.39, 0.29) is 5.41 Å². The maximum absolute atomic E-state index is 6.42. The smallest absolute Gasteiger partial charge is 0.0587 e. The van der Waals surface area contributed by atoms with Crippen molar-refractivity contribution in [3.8, 4) is 0 Å². The summed E-state index contributed by atoms with van der Waals surface area (Å²) >= 11 is 6.42. The fraction of sp³-hybridized carbons (Fsp3) is 0.625. The van der Waals surface area contributed by atoms with E-state index in [2.05, 4.69) is 17.4 Å². The van der Waals surface area contributed by atoms with E-state index in [1.165, 1.54) is 31.2 Å². The molecule has 0 aromatic heterocycles. The third-order valence-corrected chi connectivity index (χ3v) is 5.11. The zero-order chi connectivity index (χ0) is 13.3. The Hall–Kier alpha value is -0.570.